The van der Waals surface area contributed by atoms with Gasteiger partial charge >= 0.3 is 0 Å². The van der Waals surface area contributed by atoms with Crippen molar-refractivity contribution in [2.45, 2.75) is 6.54 Å². The van der Waals surface area contributed by atoms with Crippen LogP contribution in [0.3, 0.4) is 0 Å². The molecular formula is C14H12N4O2S. The SMILES string of the molecule is NC(=O)c1ccc(NCc2nc(-c3cccs3)no2)cc1. The number of hydrogen-bond acceptors (Lipinski definition) is 6. The van der Waals surface area contributed by atoms with Gasteiger partial charge in [-0.2, -0.15) is 4.98 Å². The maximum atomic E-state index is 11.0. The molecule has 0 radical (unpaired) electrons. The molecule has 3 N–H and O–H groups in total. The molecule has 6 nitrogen and oxygen atoms in total. The van der Waals surface area contributed by atoms with Gasteiger partial charge in [-0.05, 0) is 35.7 Å². The second kappa shape index (κ2) is 5.76. The fourth-order valence-electron chi connectivity index (χ4n) is 1.76. The normalized spacial score (nSPS) is 10.5. The average molecular weight is 300 g/mol. The van der Waals surface area contributed by atoms with Crippen molar-refractivity contribution in [2.24, 2.45) is 5.73 Å². The molecule has 7 heteroatoms. The van der Waals surface area contributed by atoms with Gasteiger partial charge in [-0.1, -0.05) is 11.2 Å². The molecule has 2 aromatic heterocycles. The molecule has 0 saturated carbocycles. The van der Waals surface area contributed by atoms with Gasteiger partial charge < -0.3 is 15.6 Å². The number of nitrogens with two attached hydrogens (primary N) is 1. The summed E-state index contributed by atoms with van der Waals surface area (Å²) >= 11 is 1.56. The lowest BCUT2D eigenvalue weighted by molar-refractivity contribution is 0.100. The summed E-state index contributed by atoms with van der Waals surface area (Å²) in [7, 11) is 0. The third-order valence-corrected chi connectivity index (χ3v) is 3.69. The molecule has 3 rings (SSSR count). The van der Waals surface area contributed by atoms with E-state index in [4.69, 9.17) is 10.3 Å². The summed E-state index contributed by atoms with van der Waals surface area (Å²) in [6.45, 7) is 0.411. The first-order chi connectivity index (χ1) is 10.2. The third kappa shape index (κ3) is 3.09. The Morgan fingerprint density at radius 3 is 2.76 bits per heavy atom. The van der Waals surface area contributed by atoms with Crippen molar-refractivity contribution in [3.63, 3.8) is 0 Å². The minimum absolute atomic E-state index is 0.411. The highest BCUT2D eigenvalue weighted by Crippen LogP contribution is 2.21. The van der Waals surface area contributed by atoms with Crippen LogP contribution in [-0.4, -0.2) is 16.0 Å². The summed E-state index contributed by atoms with van der Waals surface area (Å²) < 4.78 is 5.18. The molecule has 2 heterocycles. The molecule has 106 valence electrons. The van der Waals surface area contributed by atoms with E-state index in [1.54, 1.807) is 35.6 Å². The zero-order chi connectivity index (χ0) is 14.7. The van der Waals surface area contributed by atoms with Gasteiger partial charge in [0, 0.05) is 11.3 Å². The van der Waals surface area contributed by atoms with E-state index in [-0.39, 0.29) is 0 Å². The van der Waals surface area contributed by atoms with Crippen LogP contribution in [0.5, 0.6) is 0 Å². The average Bonchev–Trinajstić information content (AvgIpc) is 3.16. The number of carbonyl (C=O) groups excluding carboxylic acids is 1. The van der Waals surface area contributed by atoms with Gasteiger partial charge in [0.05, 0.1) is 11.4 Å². The molecule has 1 amide bonds. The Kier molecular flexibility index (Phi) is 3.65. The van der Waals surface area contributed by atoms with Crippen LogP contribution in [0.15, 0.2) is 46.3 Å². The first-order valence-electron chi connectivity index (χ1n) is 6.22. The summed E-state index contributed by atoms with van der Waals surface area (Å²) in [4.78, 5) is 16.3. The van der Waals surface area contributed by atoms with Crippen molar-refractivity contribution in [3.8, 4) is 10.7 Å². The maximum Gasteiger partial charge on any atom is 0.248 e. The Morgan fingerprint density at radius 1 is 1.29 bits per heavy atom. The first-order valence-corrected chi connectivity index (χ1v) is 7.10. The smallest absolute Gasteiger partial charge is 0.248 e. The Labute approximate surface area is 124 Å². The van der Waals surface area contributed by atoms with E-state index in [2.05, 4.69) is 15.5 Å². The Balaban J connectivity index is 1.64. The highest BCUT2D eigenvalue weighted by molar-refractivity contribution is 7.13. The second-order valence-electron chi connectivity index (χ2n) is 4.28. The molecule has 21 heavy (non-hydrogen) atoms. The molecule has 1 aromatic carbocycles. The van der Waals surface area contributed by atoms with Gasteiger partial charge in [-0.15, -0.1) is 11.3 Å². The molecule has 0 saturated heterocycles. The van der Waals surface area contributed by atoms with Crippen LogP contribution in [0, 0.1) is 0 Å². The molecule has 3 aromatic rings. The minimum Gasteiger partial charge on any atom is -0.376 e. The van der Waals surface area contributed by atoms with Crippen LogP contribution in [-0.2, 0) is 6.54 Å². The predicted molar refractivity (Wildman–Crippen MR) is 79.9 cm³/mol. The van der Waals surface area contributed by atoms with E-state index in [0.29, 0.717) is 23.8 Å². The van der Waals surface area contributed by atoms with Crippen LogP contribution >= 0.6 is 11.3 Å². The maximum absolute atomic E-state index is 11.0. The molecule has 0 aliphatic heterocycles. The highest BCUT2D eigenvalue weighted by Gasteiger charge is 2.09. The molecule has 0 spiro atoms. The summed E-state index contributed by atoms with van der Waals surface area (Å²) in [5.74, 6) is 0.641. The van der Waals surface area contributed by atoms with E-state index in [9.17, 15) is 4.79 Å². The molecule has 0 aliphatic carbocycles. The zero-order valence-electron chi connectivity index (χ0n) is 10.9. The molecule has 0 atom stereocenters. The van der Waals surface area contributed by atoms with Crippen molar-refractivity contribution >= 4 is 22.9 Å². The number of primary amides is 1. The van der Waals surface area contributed by atoms with E-state index in [0.717, 1.165) is 10.6 Å². The van der Waals surface area contributed by atoms with Gasteiger partial charge in [-0.25, -0.2) is 0 Å². The van der Waals surface area contributed by atoms with Crippen LogP contribution in [0.25, 0.3) is 10.7 Å². The molecule has 0 fully saturated rings. The van der Waals surface area contributed by atoms with Crippen molar-refractivity contribution in [2.75, 3.05) is 5.32 Å². The van der Waals surface area contributed by atoms with Gasteiger partial charge in [-0.3, -0.25) is 4.79 Å². The number of rotatable bonds is 5. The molecule has 0 aliphatic rings. The van der Waals surface area contributed by atoms with Crippen molar-refractivity contribution < 1.29 is 9.32 Å². The topological polar surface area (TPSA) is 94.0 Å². The van der Waals surface area contributed by atoms with Crippen LogP contribution in [0.2, 0.25) is 0 Å². The molecular weight excluding hydrogens is 288 g/mol. The van der Waals surface area contributed by atoms with Crippen molar-refractivity contribution in [1.82, 2.24) is 10.1 Å². The Hall–Kier alpha value is -2.67. The highest BCUT2D eigenvalue weighted by atomic mass is 32.1. The summed E-state index contributed by atoms with van der Waals surface area (Å²) in [5.41, 5.74) is 6.50. The van der Waals surface area contributed by atoms with E-state index >= 15 is 0 Å². The Morgan fingerprint density at radius 2 is 2.10 bits per heavy atom. The number of benzene rings is 1. The van der Waals surface area contributed by atoms with Crippen LogP contribution in [0.1, 0.15) is 16.2 Å². The number of thiophene rings is 1. The van der Waals surface area contributed by atoms with Crippen molar-refractivity contribution in [3.05, 3.63) is 53.2 Å². The standard InChI is InChI=1S/C14H12N4O2S/c15-13(19)9-3-5-10(6-4-9)16-8-12-17-14(18-20-12)11-2-1-7-21-11/h1-7,16H,8H2,(H2,15,19). The number of hydrogen-bond donors (Lipinski definition) is 2. The first kappa shape index (κ1) is 13.3. The summed E-state index contributed by atoms with van der Waals surface area (Å²) in [6, 6.07) is 10.8. The minimum atomic E-state index is -0.445. The quantitative estimate of drug-likeness (QED) is 0.755. The summed E-state index contributed by atoms with van der Waals surface area (Å²) in [6.07, 6.45) is 0. The largest absolute Gasteiger partial charge is 0.376 e. The lowest BCUT2D eigenvalue weighted by atomic mass is 10.2. The lowest BCUT2D eigenvalue weighted by Gasteiger charge is -2.03. The summed E-state index contributed by atoms with van der Waals surface area (Å²) in [5, 5.41) is 9.03. The fourth-order valence-corrected chi connectivity index (χ4v) is 2.41. The number of anilines is 1. The molecule has 0 bridgehead atoms. The number of amides is 1. The monoisotopic (exact) mass is 300 g/mol. The van der Waals surface area contributed by atoms with Gasteiger partial charge in [0.25, 0.3) is 0 Å². The van der Waals surface area contributed by atoms with Gasteiger partial charge in [0.2, 0.25) is 17.6 Å². The fraction of sp³-hybridized carbons (Fsp3) is 0.0714. The lowest BCUT2D eigenvalue weighted by Crippen LogP contribution is -2.10. The van der Waals surface area contributed by atoms with E-state index < -0.39 is 5.91 Å². The van der Waals surface area contributed by atoms with Crippen LogP contribution in [0.4, 0.5) is 5.69 Å². The zero-order valence-corrected chi connectivity index (χ0v) is 11.8. The molecule has 0 unspecified atom stereocenters. The van der Waals surface area contributed by atoms with E-state index in [1.165, 1.54) is 0 Å². The number of carbonyl (C=O) groups is 1. The van der Waals surface area contributed by atoms with E-state index in [1.807, 2.05) is 17.5 Å². The van der Waals surface area contributed by atoms with Gasteiger partial charge in [0.15, 0.2) is 0 Å². The Bertz CT molecular complexity index is 735. The predicted octanol–water partition coefficient (Wildman–Crippen LogP) is 2.51. The third-order valence-electron chi connectivity index (χ3n) is 2.82. The number of nitrogens with zero attached hydrogens (tertiary/aromatic N) is 2. The van der Waals surface area contributed by atoms with Gasteiger partial charge in [0.1, 0.15) is 0 Å². The van der Waals surface area contributed by atoms with Crippen LogP contribution < -0.4 is 11.1 Å². The second-order valence-corrected chi connectivity index (χ2v) is 5.23. The van der Waals surface area contributed by atoms with Crippen molar-refractivity contribution in [1.29, 1.82) is 0 Å². The number of nitrogens with one attached hydrogen (secondary N) is 1. The number of aromatic nitrogens is 2.